The van der Waals surface area contributed by atoms with Gasteiger partial charge in [-0.25, -0.2) is 0 Å². The Morgan fingerprint density at radius 2 is 1.86 bits per heavy atom. The lowest BCUT2D eigenvalue weighted by molar-refractivity contribution is -0.137. The maximum Gasteiger partial charge on any atom is 0.235 e. The summed E-state index contributed by atoms with van der Waals surface area (Å²) in [4.78, 5) is 24.4. The third kappa shape index (κ3) is 3.76. The summed E-state index contributed by atoms with van der Waals surface area (Å²) in [7, 11) is 0. The molecule has 1 aromatic carbocycles. The van der Waals surface area contributed by atoms with Crippen LogP contribution in [0.15, 0.2) is 24.3 Å². The van der Waals surface area contributed by atoms with E-state index in [1.807, 2.05) is 18.2 Å². The van der Waals surface area contributed by atoms with Gasteiger partial charge in [0.2, 0.25) is 11.8 Å². The lowest BCUT2D eigenvalue weighted by Gasteiger charge is -2.15. The molecule has 0 radical (unpaired) electrons. The quantitative estimate of drug-likeness (QED) is 0.601. The van der Waals surface area contributed by atoms with Crippen LogP contribution in [-0.4, -0.2) is 18.4 Å². The number of benzene rings is 1. The van der Waals surface area contributed by atoms with Crippen LogP contribution in [0.2, 0.25) is 5.02 Å². The van der Waals surface area contributed by atoms with Gasteiger partial charge in [-0.05, 0) is 30.9 Å². The Hall–Kier alpha value is -1.55. The minimum atomic E-state index is -0.852. The van der Waals surface area contributed by atoms with Crippen LogP contribution in [0.5, 0.6) is 0 Å². The first-order valence-corrected chi connectivity index (χ1v) is 7.78. The standard InChI is InChI=1S/C16H21ClN2O2/c1-2-3-10-18-14(20)16(8-9-16)15(21)19-11-12-6-4-5-7-13(12)17/h4-7H,2-3,8-11H2,1H3,(H,18,20)(H,19,21). The molecule has 114 valence electrons. The molecule has 1 saturated carbocycles. The highest BCUT2D eigenvalue weighted by molar-refractivity contribution is 6.31. The maximum atomic E-state index is 12.3. The van der Waals surface area contributed by atoms with Crippen molar-refractivity contribution in [3.8, 4) is 0 Å². The molecule has 0 unspecified atom stereocenters. The van der Waals surface area contributed by atoms with Crippen molar-refractivity contribution in [1.29, 1.82) is 0 Å². The first kappa shape index (κ1) is 15.8. The van der Waals surface area contributed by atoms with Crippen LogP contribution in [0, 0.1) is 5.41 Å². The average molecular weight is 309 g/mol. The molecule has 2 N–H and O–H groups in total. The molecule has 0 bridgehead atoms. The topological polar surface area (TPSA) is 58.2 Å². The highest BCUT2D eigenvalue weighted by atomic mass is 35.5. The number of hydrogen-bond acceptors (Lipinski definition) is 2. The molecule has 1 fully saturated rings. The van der Waals surface area contributed by atoms with Crippen molar-refractivity contribution in [3.05, 3.63) is 34.9 Å². The summed E-state index contributed by atoms with van der Waals surface area (Å²) >= 11 is 6.05. The zero-order valence-electron chi connectivity index (χ0n) is 12.2. The van der Waals surface area contributed by atoms with Crippen LogP contribution >= 0.6 is 11.6 Å². The number of rotatable bonds is 7. The Kier molecular flexibility index (Phi) is 5.23. The monoisotopic (exact) mass is 308 g/mol. The molecule has 5 heteroatoms. The van der Waals surface area contributed by atoms with Gasteiger partial charge in [-0.15, -0.1) is 0 Å². The van der Waals surface area contributed by atoms with E-state index in [-0.39, 0.29) is 11.8 Å². The summed E-state index contributed by atoms with van der Waals surface area (Å²) in [5, 5.41) is 6.30. The third-order valence-electron chi connectivity index (χ3n) is 3.83. The molecular formula is C16H21ClN2O2. The van der Waals surface area contributed by atoms with Gasteiger partial charge in [-0.2, -0.15) is 0 Å². The fraction of sp³-hybridized carbons (Fsp3) is 0.500. The van der Waals surface area contributed by atoms with Crippen LogP contribution in [0.25, 0.3) is 0 Å². The van der Waals surface area contributed by atoms with Crippen molar-refractivity contribution in [3.63, 3.8) is 0 Å². The lowest BCUT2D eigenvalue weighted by Crippen LogP contribution is -2.43. The number of halogens is 1. The van der Waals surface area contributed by atoms with Gasteiger partial charge in [0.05, 0.1) is 0 Å². The van der Waals surface area contributed by atoms with E-state index in [9.17, 15) is 9.59 Å². The number of carbonyl (C=O) groups is 2. The summed E-state index contributed by atoms with van der Waals surface area (Å²) in [5.41, 5.74) is 0.00403. The predicted octanol–water partition coefficient (Wildman–Crippen LogP) is 2.65. The van der Waals surface area contributed by atoms with Crippen LogP contribution in [0.1, 0.15) is 38.2 Å². The molecule has 2 rings (SSSR count). The Balaban J connectivity index is 1.88. The third-order valence-corrected chi connectivity index (χ3v) is 4.20. The van der Waals surface area contributed by atoms with Crippen LogP contribution in [0.3, 0.4) is 0 Å². The zero-order chi connectivity index (χ0) is 15.3. The Morgan fingerprint density at radius 3 is 2.48 bits per heavy atom. The van der Waals surface area contributed by atoms with Gasteiger partial charge < -0.3 is 10.6 Å². The summed E-state index contributed by atoms with van der Waals surface area (Å²) < 4.78 is 0. The largest absolute Gasteiger partial charge is 0.355 e. The van der Waals surface area contributed by atoms with Gasteiger partial charge >= 0.3 is 0 Å². The van der Waals surface area contributed by atoms with Gasteiger partial charge in [0.25, 0.3) is 0 Å². The van der Waals surface area contributed by atoms with Gasteiger partial charge in [0.15, 0.2) is 0 Å². The van der Waals surface area contributed by atoms with Gasteiger partial charge in [0, 0.05) is 18.1 Å². The molecule has 1 aromatic rings. The van der Waals surface area contributed by atoms with Crippen molar-refractivity contribution in [2.45, 2.75) is 39.2 Å². The summed E-state index contributed by atoms with van der Waals surface area (Å²) in [6, 6.07) is 7.37. The van der Waals surface area contributed by atoms with Crippen LogP contribution in [0.4, 0.5) is 0 Å². The normalized spacial score (nSPS) is 15.3. The van der Waals surface area contributed by atoms with Crippen molar-refractivity contribution in [2.75, 3.05) is 6.54 Å². The average Bonchev–Trinajstić information content (AvgIpc) is 3.28. The highest BCUT2D eigenvalue weighted by Gasteiger charge is 2.56. The van der Waals surface area contributed by atoms with E-state index in [4.69, 9.17) is 11.6 Å². The van der Waals surface area contributed by atoms with Crippen molar-refractivity contribution in [1.82, 2.24) is 10.6 Å². The van der Waals surface area contributed by atoms with Crippen LogP contribution < -0.4 is 10.6 Å². The molecule has 1 aliphatic rings. The number of hydrogen-bond donors (Lipinski definition) is 2. The number of amides is 2. The smallest absolute Gasteiger partial charge is 0.235 e. The highest BCUT2D eigenvalue weighted by Crippen LogP contribution is 2.46. The SMILES string of the molecule is CCCCNC(=O)C1(C(=O)NCc2ccccc2Cl)CC1. The molecule has 21 heavy (non-hydrogen) atoms. The zero-order valence-corrected chi connectivity index (χ0v) is 13.0. The predicted molar refractivity (Wildman–Crippen MR) is 82.9 cm³/mol. The Bertz CT molecular complexity index is 527. The molecule has 0 aromatic heterocycles. The molecular weight excluding hydrogens is 288 g/mol. The molecule has 0 heterocycles. The van der Waals surface area contributed by atoms with Gasteiger partial charge in [0.1, 0.15) is 5.41 Å². The second-order valence-corrected chi connectivity index (χ2v) is 5.87. The molecule has 1 aliphatic carbocycles. The van der Waals surface area contributed by atoms with Crippen molar-refractivity contribution in [2.24, 2.45) is 5.41 Å². The van der Waals surface area contributed by atoms with E-state index in [1.54, 1.807) is 6.07 Å². The number of carbonyl (C=O) groups excluding carboxylic acids is 2. The number of nitrogens with one attached hydrogen (secondary N) is 2. The fourth-order valence-electron chi connectivity index (χ4n) is 2.22. The van der Waals surface area contributed by atoms with Gasteiger partial charge in [-0.3, -0.25) is 9.59 Å². The molecule has 4 nitrogen and oxygen atoms in total. The Morgan fingerprint density at radius 1 is 1.19 bits per heavy atom. The van der Waals surface area contributed by atoms with E-state index in [2.05, 4.69) is 17.6 Å². The van der Waals surface area contributed by atoms with E-state index in [0.29, 0.717) is 31.0 Å². The summed E-state index contributed by atoms with van der Waals surface area (Å²) in [6.45, 7) is 3.05. The summed E-state index contributed by atoms with van der Waals surface area (Å²) in [5.74, 6) is -0.343. The second kappa shape index (κ2) is 6.94. The second-order valence-electron chi connectivity index (χ2n) is 5.47. The molecule has 0 saturated heterocycles. The Labute approximate surface area is 130 Å². The van der Waals surface area contributed by atoms with E-state index >= 15 is 0 Å². The van der Waals surface area contributed by atoms with Crippen molar-refractivity contribution >= 4 is 23.4 Å². The first-order valence-electron chi connectivity index (χ1n) is 7.40. The minimum Gasteiger partial charge on any atom is -0.355 e. The fourth-order valence-corrected chi connectivity index (χ4v) is 2.42. The molecule has 0 aliphatic heterocycles. The van der Waals surface area contributed by atoms with Crippen LogP contribution in [-0.2, 0) is 16.1 Å². The molecule has 0 atom stereocenters. The lowest BCUT2D eigenvalue weighted by atomic mass is 10.0. The van der Waals surface area contributed by atoms with Crippen molar-refractivity contribution < 1.29 is 9.59 Å². The molecule has 2 amide bonds. The first-order chi connectivity index (χ1) is 10.1. The maximum absolute atomic E-state index is 12.3. The van der Waals surface area contributed by atoms with E-state index in [1.165, 1.54) is 0 Å². The minimum absolute atomic E-state index is 0.146. The van der Waals surface area contributed by atoms with E-state index < -0.39 is 5.41 Å². The van der Waals surface area contributed by atoms with E-state index in [0.717, 1.165) is 18.4 Å². The molecule has 0 spiro atoms. The number of unbranched alkanes of at least 4 members (excludes halogenated alkanes) is 1. The summed E-state index contributed by atoms with van der Waals surface area (Å²) in [6.07, 6.45) is 3.20. The van der Waals surface area contributed by atoms with Gasteiger partial charge in [-0.1, -0.05) is 43.1 Å².